The lowest BCUT2D eigenvalue weighted by Gasteiger charge is -2.48. The molecule has 6 heteroatoms. The van der Waals surface area contributed by atoms with Crippen LogP contribution < -0.4 is 10.6 Å². The topological polar surface area (TPSA) is 53.6 Å². The second-order valence-electron chi connectivity index (χ2n) is 6.46. The molecular weight excluding hydrogens is 290 g/mol. The first-order valence-electron chi connectivity index (χ1n) is 8.11. The van der Waals surface area contributed by atoms with Gasteiger partial charge in [-0.25, -0.2) is 0 Å². The Labute approximate surface area is 133 Å². The summed E-state index contributed by atoms with van der Waals surface area (Å²) in [5.74, 6) is 0.433. The lowest BCUT2D eigenvalue weighted by molar-refractivity contribution is -0.127. The molecule has 0 aromatic rings. The van der Waals surface area contributed by atoms with Gasteiger partial charge in [0.05, 0.1) is 19.1 Å². The van der Waals surface area contributed by atoms with Gasteiger partial charge in [-0.3, -0.25) is 9.69 Å². The van der Waals surface area contributed by atoms with E-state index in [4.69, 9.17) is 4.74 Å². The molecule has 2 saturated heterocycles. The molecule has 2 aliphatic heterocycles. The van der Waals surface area contributed by atoms with E-state index in [0.717, 1.165) is 45.9 Å². The number of hydrogen-bond acceptors (Lipinski definition) is 4. The molecule has 1 aliphatic carbocycles. The first kappa shape index (κ1) is 17.0. The van der Waals surface area contributed by atoms with Gasteiger partial charge in [-0.05, 0) is 12.8 Å². The van der Waals surface area contributed by atoms with Crippen molar-refractivity contribution in [3.63, 3.8) is 0 Å². The Morgan fingerprint density at radius 1 is 1.19 bits per heavy atom. The summed E-state index contributed by atoms with van der Waals surface area (Å²) in [6, 6.07) is 0. The van der Waals surface area contributed by atoms with Gasteiger partial charge in [-0.15, -0.1) is 12.4 Å². The van der Waals surface area contributed by atoms with E-state index < -0.39 is 0 Å². The Morgan fingerprint density at radius 3 is 2.43 bits per heavy atom. The summed E-state index contributed by atoms with van der Waals surface area (Å²) in [6.45, 7) is 6.21. The predicted octanol–water partition coefficient (Wildman–Crippen LogP) is 0.779. The zero-order chi connectivity index (χ0) is 13.8. The van der Waals surface area contributed by atoms with Crippen molar-refractivity contribution in [3.8, 4) is 0 Å². The van der Waals surface area contributed by atoms with Gasteiger partial charge < -0.3 is 15.4 Å². The van der Waals surface area contributed by atoms with Crippen LogP contribution in [0.15, 0.2) is 0 Å². The molecule has 0 atom stereocenters. The molecule has 122 valence electrons. The largest absolute Gasteiger partial charge is 0.379 e. The van der Waals surface area contributed by atoms with Crippen LogP contribution in [-0.2, 0) is 9.53 Å². The molecule has 3 rings (SSSR count). The highest BCUT2D eigenvalue weighted by atomic mass is 35.5. The zero-order valence-electron chi connectivity index (χ0n) is 12.7. The average molecular weight is 318 g/mol. The molecular formula is C15H28ClN3O2. The Hall–Kier alpha value is -0.360. The number of rotatable bonds is 4. The standard InChI is InChI=1S/C15H27N3O2.ClH/c19-14(13-10-16-11-13)17-12-15(4-2-1-3-5-15)18-6-8-20-9-7-18;/h13,16H,1-12H2,(H,17,19);1H. The first-order valence-corrected chi connectivity index (χ1v) is 8.11. The summed E-state index contributed by atoms with van der Waals surface area (Å²) < 4.78 is 5.49. The van der Waals surface area contributed by atoms with Crippen molar-refractivity contribution < 1.29 is 9.53 Å². The van der Waals surface area contributed by atoms with Crippen molar-refractivity contribution in [2.24, 2.45) is 5.92 Å². The molecule has 2 heterocycles. The highest BCUT2D eigenvalue weighted by molar-refractivity contribution is 5.85. The van der Waals surface area contributed by atoms with Gasteiger partial charge in [-0.2, -0.15) is 0 Å². The molecule has 0 radical (unpaired) electrons. The number of halogens is 1. The Balaban J connectivity index is 0.00000161. The fourth-order valence-corrected chi connectivity index (χ4v) is 3.72. The highest BCUT2D eigenvalue weighted by Crippen LogP contribution is 2.33. The van der Waals surface area contributed by atoms with Crippen LogP contribution >= 0.6 is 12.4 Å². The smallest absolute Gasteiger partial charge is 0.225 e. The molecule has 1 saturated carbocycles. The quantitative estimate of drug-likeness (QED) is 0.804. The van der Waals surface area contributed by atoms with E-state index in [1.807, 2.05) is 0 Å². The van der Waals surface area contributed by atoms with E-state index in [-0.39, 0.29) is 29.8 Å². The summed E-state index contributed by atoms with van der Waals surface area (Å²) in [5, 5.41) is 6.40. The van der Waals surface area contributed by atoms with E-state index in [2.05, 4.69) is 15.5 Å². The molecule has 0 bridgehead atoms. The van der Waals surface area contributed by atoms with Crippen molar-refractivity contribution in [2.75, 3.05) is 45.9 Å². The maximum absolute atomic E-state index is 12.1. The molecule has 0 aromatic heterocycles. The van der Waals surface area contributed by atoms with Gasteiger partial charge in [0.25, 0.3) is 0 Å². The molecule has 2 N–H and O–H groups in total. The molecule has 21 heavy (non-hydrogen) atoms. The Morgan fingerprint density at radius 2 is 1.86 bits per heavy atom. The summed E-state index contributed by atoms with van der Waals surface area (Å²) >= 11 is 0. The molecule has 3 aliphatic rings. The summed E-state index contributed by atoms with van der Waals surface area (Å²) in [4.78, 5) is 14.7. The molecule has 0 aromatic carbocycles. The van der Waals surface area contributed by atoms with Crippen LogP contribution in [0.3, 0.4) is 0 Å². The van der Waals surface area contributed by atoms with E-state index >= 15 is 0 Å². The van der Waals surface area contributed by atoms with Gasteiger partial charge in [0.15, 0.2) is 0 Å². The molecule has 0 unspecified atom stereocenters. The minimum Gasteiger partial charge on any atom is -0.379 e. The normalized spacial score (nSPS) is 26.5. The van der Waals surface area contributed by atoms with Gasteiger partial charge in [0, 0.05) is 38.3 Å². The van der Waals surface area contributed by atoms with Gasteiger partial charge >= 0.3 is 0 Å². The number of ether oxygens (including phenoxy) is 1. The van der Waals surface area contributed by atoms with Crippen LogP contribution in [0, 0.1) is 5.92 Å². The monoisotopic (exact) mass is 317 g/mol. The van der Waals surface area contributed by atoms with Gasteiger partial charge in [0.2, 0.25) is 5.91 Å². The lowest BCUT2D eigenvalue weighted by atomic mass is 9.79. The van der Waals surface area contributed by atoms with Gasteiger partial charge in [-0.1, -0.05) is 19.3 Å². The lowest BCUT2D eigenvalue weighted by Crippen LogP contribution is -2.61. The number of nitrogens with one attached hydrogen (secondary N) is 2. The van der Waals surface area contributed by atoms with Crippen molar-refractivity contribution in [2.45, 2.75) is 37.6 Å². The van der Waals surface area contributed by atoms with E-state index in [9.17, 15) is 4.79 Å². The first-order chi connectivity index (χ1) is 9.80. The van der Waals surface area contributed by atoms with Gasteiger partial charge in [0.1, 0.15) is 0 Å². The van der Waals surface area contributed by atoms with Crippen LogP contribution in [0.4, 0.5) is 0 Å². The number of amides is 1. The van der Waals surface area contributed by atoms with Crippen molar-refractivity contribution in [1.29, 1.82) is 0 Å². The zero-order valence-corrected chi connectivity index (χ0v) is 13.6. The Bertz CT molecular complexity index is 338. The number of morpholine rings is 1. The third-order valence-electron chi connectivity index (χ3n) is 5.21. The van der Waals surface area contributed by atoms with E-state index in [1.54, 1.807) is 0 Å². The summed E-state index contributed by atoms with van der Waals surface area (Å²) in [7, 11) is 0. The number of carbonyl (C=O) groups excluding carboxylic acids is 1. The number of nitrogens with zero attached hydrogens (tertiary/aromatic N) is 1. The van der Waals surface area contributed by atoms with Crippen molar-refractivity contribution in [3.05, 3.63) is 0 Å². The van der Waals surface area contributed by atoms with Crippen LogP contribution in [0.2, 0.25) is 0 Å². The SMILES string of the molecule is Cl.O=C(NCC1(N2CCOCC2)CCCCC1)C1CNC1. The third kappa shape index (κ3) is 3.89. The predicted molar refractivity (Wildman–Crippen MR) is 84.8 cm³/mol. The molecule has 0 spiro atoms. The molecule has 3 fully saturated rings. The third-order valence-corrected chi connectivity index (χ3v) is 5.21. The van der Waals surface area contributed by atoms with Crippen LogP contribution in [0.5, 0.6) is 0 Å². The van der Waals surface area contributed by atoms with Crippen LogP contribution in [-0.4, -0.2) is 62.3 Å². The minimum atomic E-state index is 0. The minimum absolute atomic E-state index is 0. The fraction of sp³-hybridized carbons (Fsp3) is 0.933. The maximum Gasteiger partial charge on any atom is 0.225 e. The van der Waals surface area contributed by atoms with Crippen molar-refractivity contribution >= 4 is 18.3 Å². The summed E-state index contributed by atoms with van der Waals surface area (Å²) in [5.41, 5.74) is 0.189. The van der Waals surface area contributed by atoms with E-state index in [1.165, 1.54) is 32.1 Å². The number of carbonyl (C=O) groups is 1. The molecule has 1 amide bonds. The number of hydrogen-bond donors (Lipinski definition) is 2. The van der Waals surface area contributed by atoms with Crippen LogP contribution in [0.25, 0.3) is 0 Å². The Kier molecular flexibility index (Phi) is 6.29. The second kappa shape index (κ2) is 7.77. The second-order valence-corrected chi connectivity index (χ2v) is 6.46. The van der Waals surface area contributed by atoms with E-state index in [0.29, 0.717) is 0 Å². The van der Waals surface area contributed by atoms with Crippen molar-refractivity contribution in [1.82, 2.24) is 15.5 Å². The maximum atomic E-state index is 12.1. The van der Waals surface area contributed by atoms with Crippen LogP contribution in [0.1, 0.15) is 32.1 Å². The molecule has 5 nitrogen and oxygen atoms in total. The summed E-state index contributed by atoms with van der Waals surface area (Å²) in [6.07, 6.45) is 6.36. The highest BCUT2D eigenvalue weighted by Gasteiger charge is 2.39. The fourth-order valence-electron chi connectivity index (χ4n) is 3.72. The average Bonchev–Trinajstić information content (AvgIpc) is 2.45.